The molecule has 0 saturated heterocycles. The van der Waals surface area contributed by atoms with Crippen LogP contribution in [0.2, 0.25) is 0 Å². The van der Waals surface area contributed by atoms with Crippen LogP contribution in [0, 0.1) is 17.8 Å². The fourth-order valence-electron chi connectivity index (χ4n) is 6.75. The van der Waals surface area contributed by atoms with Gasteiger partial charge in [-0.2, -0.15) is 5.10 Å². The summed E-state index contributed by atoms with van der Waals surface area (Å²) in [4.78, 5) is 18.5. The van der Waals surface area contributed by atoms with E-state index in [1.807, 2.05) is 47.4 Å². The Balaban J connectivity index is 1.38. The van der Waals surface area contributed by atoms with Crippen molar-refractivity contribution in [3.63, 3.8) is 0 Å². The Kier molecular flexibility index (Phi) is 4.02. The molecule has 0 atom stereocenters. The fourth-order valence-corrected chi connectivity index (χ4v) is 6.75. The number of carbonyl (C=O) groups excluding carboxylic acids is 1. The fraction of sp³-hybridized carbons (Fsp3) is 0.480. The van der Waals surface area contributed by atoms with Crippen LogP contribution < -0.4 is 5.32 Å². The minimum Gasteiger partial charge on any atom is -0.347 e. The standard InChI is InChI=1S/C25H28N4O/c1-2-29-15-19(14-26-29)23-10-21(20-5-3-4-6-22(20)27-23)24(30)28-25-11-16-7-17(12-25)9-18(8-16)13-25/h3-6,10,14-18H,2,7-9,11-13H2,1H3,(H,28,30). The number of para-hydroxylation sites is 1. The quantitative estimate of drug-likeness (QED) is 0.683. The lowest BCUT2D eigenvalue weighted by atomic mass is 9.53. The van der Waals surface area contributed by atoms with Gasteiger partial charge in [0.05, 0.1) is 23.0 Å². The molecule has 0 radical (unpaired) electrons. The highest BCUT2D eigenvalue weighted by Crippen LogP contribution is 2.55. The number of hydrogen-bond acceptors (Lipinski definition) is 3. The first-order chi connectivity index (χ1) is 14.6. The highest BCUT2D eigenvalue weighted by atomic mass is 16.1. The van der Waals surface area contributed by atoms with Crippen LogP contribution in [0.25, 0.3) is 22.2 Å². The van der Waals surface area contributed by atoms with Gasteiger partial charge in [0.25, 0.3) is 5.91 Å². The summed E-state index contributed by atoms with van der Waals surface area (Å²) in [5.74, 6) is 2.48. The normalized spacial score (nSPS) is 29.4. The lowest BCUT2D eigenvalue weighted by Gasteiger charge is -2.56. The third-order valence-electron chi connectivity index (χ3n) is 7.63. The summed E-state index contributed by atoms with van der Waals surface area (Å²) < 4.78 is 1.89. The van der Waals surface area contributed by atoms with Crippen molar-refractivity contribution in [1.82, 2.24) is 20.1 Å². The largest absolute Gasteiger partial charge is 0.347 e. The highest BCUT2D eigenvalue weighted by Gasteiger charge is 2.51. The topological polar surface area (TPSA) is 59.8 Å². The molecule has 4 aliphatic rings. The predicted molar refractivity (Wildman–Crippen MR) is 117 cm³/mol. The maximum atomic E-state index is 13.6. The van der Waals surface area contributed by atoms with Crippen LogP contribution in [0.4, 0.5) is 0 Å². The van der Waals surface area contributed by atoms with Crippen LogP contribution in [-0.2, 0) is 6.54 Å². The highest BCUT2D eigenvalue weighted by molar-refractivity contribution is 6.07. The molecule has 7 rings (SSSR count). The van der Waals surface area contributed by atoms with E-state index < -0.39 is 0 Å². The molecule has 4 fully saturated rings. The Morgan fingerprint density at radius 2 is 1.83 bits per heavy atom. The van der Waals surface area contributed by atoms with Crippen molar-refractivity contribution in [3.05, 3.63) is 48.3 Å². The number of pyridine rings is 1. The zero-order chi connectivity index (χ0) is 20.3. The Morgan fingerprint density at radius 1 is 1.13 bits per heavy atom. The molecule has 30 heavy (non-hydrogen) atoms. The smallest absolute Gasteiger partial charge is 0.252 e. The summed E-state index contributed by atoms with van der Waals surface area (Å²) in [6.45, 7) is 2.88. The van der Waals surface area contributed by atoms with Gasteiger partial charge in [-0.1, -0.05) is 18.2 Å². The Bertz CT molecular complexity index is 1100. The van der Waals surface area contributed by atoms with Crippen LogP contribution in [0.1, 0.15) is 55.8 Å². The Labute approximate surface area is 176 Å². The second-order valence-corrected chi connectivity index (χ2v) is 9.81. The number of nitrogens with one attached hydrogen (secondary N) is 1. The van der Waals surface area contributed by atoms with E-state index in [1.54, 1.807) is 0 Å². The molecule has 4 bridgehead atoms. The SMILES string of the molecule is CCn1cc(-c2cc(C(=O)NC34CC5CC(CC(C5)C3)C4)c3ccccc3n2)cn1. The number of aromatic nitrogens is 3. The van der Waals surface area contributed by atoms with Crippen LogP contribution in [0.5, 0.6) is 0 Å². The molecule has 0 unspecified atom stereocenters. The van der Waals surface area contributed by atoms with E-state index in [9.17, 15) is 4.79 Å². The molecular weight excluding hydrogens is 372 g/mol. The summed E-state index contributed by atoms with van der Waals surface area (Å²) in [5, 5.41) is 8.85. The second-order valence-electron chi connectivity index (χ2n) is 9.81. The van der Waals surface area contributed by atoms with Gasteiger partial charge in [-0.05, 0) is 75.3 Å². The number of nitrogens with zero attached hydrogens (tertiary/aromatic N) is 3. The molecule has 154 valence electrons. The lowest BCUT2D eigenvalue weighted by molar-refractivity contribution is -0.0166. The predicted octanol–water partition coefficient (Wildman–Crippen LogP) is 4.82. The Morgan fingerprint density at radius 3 is 2.50 bits per heavy atom. The second kappa shape index (κ2) is 6.66. The number of amides is 1. The first kappa shape index (κ1) is 18.1. The van der Waals surface area contributed by atoms with Gasteiger partial charge in [0.1, 0.15) is 0 Å². The maximum absolute atomic E-state index is 13.6. The summed E-state index contributed by atoms with van der Waals surface area (Å²) in [7, 11) is 0. The molecule has 0 spiro atoms. The first-order valence-corrected chi connectivity index (χ1v) is 11.4. The molecule has 5 nitrogen and oxygen atoms in total. The maximum Gasteiger partial charge on any atom is 0.252 e. The van der Waals surface area contributed by atoms with Gasteiger partial charge in [-0.25, -0.2) is 4.98 Å². The average molecular weight is 401 g/mol. The summed E-state index contributed by atoms with van der Waals surface area (Å²) in [6.07, 6.45) is 11.4. The molecule has 5 heteroatoms. The van der Waals surface area contributed by atoms with Crippen molar-refractivity contribution in [2.45, 2.75) is 57.5 Å². The van der Waals surface area contributed by atoms with Gasteiger partial charge in [0, 0.05) is 29.2 Å². The number of benzene rings is 1. The van der Waals surface area contributed by atoms with Crippen LogP contribution in [0.15, 0.2) is 42.7 Å². The minimum atomic E-state index is 0.00344. The van der Waals surface area contributed by atoms with Gasteiger partial charge in [-0.15, -0.1) is 0 Å². The minimum absolute atomic E-state index is 0.00344. The number of fused-ring (bicyclic) bond motifs is 1. The molecule has 2 heterocycles. The lowest BCUT2D eigenvalue weighted by Crippen LogP contribution is -2.59. The molecule has 4 aliphatic carbocycles. The van der Waals surface area contributed by atoms with Crippen molar-refractivity contribution in [3.8, 4) is 11.3 Å². The molecule has 1 amide bonds. The van der Waals surface area contributed by atoms with Crippen LogP contribution in [-0.4, -0.2) is 26.2 Å². The van der Waals surface area contributed by atoms with E-state index in [0.717, 1.165) is 71.3 Å². The summed E-state index contributed by atoms with van der Waals surface area (Å²) in [5.41, 5.74) is 3.35. The van der Waals surface area contributed by atoms with E-state index >= 15 is 0 Å². The Hall–Kier alpha value is -2.69. The molecule has 2 aromatic heterocycles. The van der Waals surface area contributed by atoms with E-state index in [1.165, 1.54) is 19.3 Å². The molecule has 4 saturated carbocycles. The van der Waals surface area contributed by atoms with Gasteiger partial charge in [0.2, 0.25) is 0 Å². The number of hydrogen-bond donors (Lipinski definition) is 1. The molecular formula is C25H28N4O. The first-order valence-electron chi connectivity index (χ1n) is 11.4. The van der Waals surface area contributed by atoms with Gasteiger partial charge in [-0.3, -0.25) is 9.48 Å². The van der Waals surface area contributed by atoms with Gasteiger partial charge < -0.3 is 5.32 Å². The van der Waals surface area contributed by atoms with Gasteiger partial charge >= 0.3 is 0 Å². The number of carbonyl (C=O) groups is 1. The van der Waals surface area contributed by atoms with Crippen molar-refractivity contribution in [1.29, 1.82) is 0 Å². The van der Waals surface area contributed by atoms with Crippen LogP contribution in [0.3, 0.4) is 0 Å². The molecule has 1 aromatic carbocycles. The number of aryl methyl sites for hydroxylation is 1. The van der Waals surface area contributed by atoms with E-state index in [-0.39, 0.29) is 11.4 Å². The zero-order valence-corrected chi connectivity index (χ0v) is 17.5. The van der Waals surface area contributed by atoms with Crippen LogP contribution >= 0.6 is 0 Å². The van der Waals surface area contributed by atoms with Crippen molar-refractivity contribution in [2.75, 3.05) is 0 Å². The van der Waals surface area contributed by atoms with E-state index in [4.69, 9.17) is 4.98 Å². The van der Waals surface area contributed by atoms with Crippen molar-refractivity contribution in [2.24, 2.45) is 17.8 Å². The zero-order valence-electron chi connectivity index (χ0n) is 17.5. The monoisotopic (exact) mass is 400 g/mol. The average Bonchev–Trinajstić information content (AvgIpc) is 3.21. The van der Waals surface area contributed by atoms with Gasteiger partial charge in [0.15, 0.2) is 0 Å². The number of rotatable bonds is 4. The third kappa shape index (κ3) is 2.94. The van der Waals surface area contributed by atoms with E-state index in [0.29, 0.717) is 0 Å². The van der Waals surface area contributed by atoms with Crippen molar-refractivity contribution >= 4 is 16.8 Å². The summed E-state index contributed by atoms with van der Waals surface area (Å²) in [6, 6.07) is 9.92. The summed E-state index contributed by atoms with van der Waals surface area (Å²) >= 11 is 0. The third-order valence-corrected chi connectivity index (χ3v) is 7.63. The molecule has 1 N–H and O–H groups in total. The van der Waals surface area contributed by atoms with Crippen molar-refractivity contribution < 1.29 is 4.79 Å². The molecule has 3 aromatic rings. The van der Waals surface area contributed by atoms with E-state index in [2.05, 4.69) is 17.3 Å². The molecule has 0 aliphatic heterocycles.